The first-order valence-corrected chi connectivity index (χ1v) is 5.88. The van der Waals surface area contributed by atoms with Crippen LogP contribution in [0.2, 0.25) is 10.0 Å². The first-order valence-electron chi connectivity index (χ1n) is 3.48. The van der Waals surface area contributed by atoms with E-state index in [4.69, 9.17) is 38.2 Å². The van der Waals surface area contributed by atoms with E-state index in [9.17, 15) is 0 Å². The summed E-state index contributed by atoms with van der Waals surface area (Å²) in [5.41, 5.74) is 0. The second-order valence-corrected chi connectivity index (χ2v) is 4.88. The predicted molar refractivity (Wildman–Crippen MR) is 56.8 cm³/mol. The number of rotatable bonds is 0. The summed E-state index contributed by atoms with van der Waals surface area (Å²) in [6.07, 6.45) is 0. The molecule has 0 saturated heterocycles. The Morgan fingerprint density at radius 1 is 1.43 bits per heavy atom. The number of carboxylic acid groups (broad SMARTS) is 1. The van der Waals surface area contributed by atoms with Crippen molar-refractivity contribution in [3.63, 3.8) is 0 Å². The zero-order valence-corrected chi connectivity index (χ0v) is 12.1. The second kappa shape index (κ2) is 6.43. The Morgan fingerprint density at radius 2 is 1.86 bits per heavy atom. The van der Waals surface area contributed by atoms with E-state index in [0.29, 0.717) is 10.0 Å². The van der Waals surface area contributed by atoms with E-state index in [1.165, 1.54) is 0 Å². The van der Waals surface area contributed by atoms with Crippen molar-refractivity contribution in [3.8, 4) is 5.75 Å². The van der Waals surface area contributed by atoms with Crippen LogP contribution in [-0.4, -0.2) is 40.6 Å². The van der Waals surface area contributed by atoms with Crippen molar-refractivity contribution in [1.29, 1.82) is 0 Å². The van der Waals surface area contributed by atoms with Gasteiger partial charge in [-0.15, -0.1) is 0 Å². The first kappa shape index (κ1) is 13.9. The number of carbonyl (C=O) groups is 1. The average molecular weight is 337 g/mol. The minimum absolute atomic E-state index is 0.00608. The van der Waals surface area contributed by atoms with Crippen LogP contribution in [0.3, 0.4) is 0 Å². The molecule has 0 aliphatic rings. The van der Waals surface area contributed by atoms with E-state index >= 15 is 0 Å². The van der Waals surface area contributed by atoms with Crippen LogP contribution in [0, 0.1) is 0 Å². The maximum atomic E-state index is 9.14. The summed E-state index contributed by atoms with van der Waals surface area (Å²) >= 11 is 12.1. The van der Waals surface area contributed by atoms with E-state index < -0.39 is 5.97 Å². The van der Waals surface area contributed by atoms with Crippen LogP contribution in [-0.2, 0) is 4.79 Å². The molecule has 1 aromatic rings. The van der Waals surface area contributed by atoms with Gasteiger partial charge in [-0.05, 0) is 0 Å². The summed E-state index contributed by atoms with van der Waals surface area (Å²) in [5, 5.41) is 17.3. The number of aromatic hydroxyl groups is 1. The Balaban J connectivity index is 0.000000364. The third kappa shape index (κ3) is 4.98. The molecule has 0 amide bonds. The summed E-state index contributed by atoms with van der Waals surface area (Å²) in [5.74, 6) is -0.839. The zero-order chi connectivity index (χ0) is 11.3. The van der Waals surface area contributed by atoms with Gasteiger partial charge < -0.3 is 5.11 Å². The standard InChI is InChI=1S/C6H3Cl2O.C2H4O2.In/c7-4-2-1-3-5(8)6(4)9;1-2(3)4;/h1-2,9H;1H3,(H,3,4);. The molecule has 0 fully saturated rings. The van der Waals surface area contributed by atoms with E-state index in [0.717, 1.165) is 34.6 Å². The van der Waals surface area contributed by atoms with Gasteiger partial charge in [0.25, 0.3) is 5.97 Å². The molecule has 3 nitrogen and oxygen atoms in total. The molecule has 0 atom stereocenters. The number of aliphatic carboxylic acids is 1. The Morgan fingerprint density at radius 3 is 2.21 bits per heavy atom. The van der Waals surface area contributed by atoms with E-state index in [1.54, 1.807) is 6.07 Å². The Kier molecular flexibility index (Phi) is 6.40. The normalized spacial score (nSPS) is 8.79. The van der Waals surface area contributed by atoms with Crippen molar-refractivity contribution in [2.75, 3.05) is 0 Å². The molecular weight excluding hydrogens is 330 g/mol. The fourth-order valence-corrected chi connectivity index (χ4v) is 1.59. The van der Waals surface area contributed by atoms with Gasteiger partial charge in [0, 0.05) is 6.92 Å². The van der Waals surface area contributed by atoms with Crippen molar-refractivity contribution in [2.45, 2.75) is 6.92 Å². The summed E-state index contributed by atoms with van der Waals surface area (Å²) in [7, 11) is 0. The molecule has 0 aliphatic carbocycles. The summed E-state index contributed by atoms with van der Waals surface area (Å²) in [6.45, 7) is 1.08. The number of benzene rings is 1. The van der Waals surface area contributed by atoms with Crippen molar-refractivity contribution in [1.82, 2.24) is 0 Å². The number of carboxylic acids is 1. The van der Waals surface area contributed by atoms with Crippen LogP contribution in [0.15, 0.2) is 12.1 Å². The molecular formula is C8H7Cl2InO3. The maximum absolute atomic E-state index is 9.14. The number of phenols is 1. The summed E-state index contributed by atoms with van der Waals surface area (Å²) < 4.78 is 0.953. The fraction of sp³-hybridized carbons (Fsp3) is 0.125. The summed E-state index contributed by atoms with van der Waals surface area (Å²) in [4.78, 5) is 9.00. The molecule has 0 heterocycles. The SMILES string of the molecule is CC(=O)O.Oc1c(Cl)cc[c]([In])c1Cl. The molecule has 0 bridgehead atoms. The number of hydrogen-bond acceptors (Lipinski definition) is 2. The van der Waals surface area contributed by atoms with Gasteiger partial charge in [-0.25, -0.2) is 0 Å². The van der Waals surface area contributed by atoms with E-state index in [1.807, 2.05) is 6.07 Å². The van der Waals surface area contributed by atoms with Crippen molar-refractivity contribution >= 4 is 56.9 Å². The van der Waals surface area contributed by atoms with Crippen LogP contribution in [0.1, 0.15) is 6.92 Å². The van der Waals surface area contributed by atoms with Crippen LogP contribution < -0.4 is 3.32 Å². The Labute approximate surface area is 106 Å². The molecule has 0 saturated carbocycles. The van der Waals surface area contributed by atoms with Gasteiger partial charge in [-0.2, -0.15) is 0 Å². The zero-order valence-electron chi connectivity index (χ0n) is 7.29. The first-order chi connectivity index (χ1) is 6.36. The quantitative estimate of drug-likeness (QED) is 0.756. The molecule has 2 radical (unpaired) electrons. The number of phenolic OH excluding ortho intramolecular Hbond substituents is 1. The molecule has 1 rings (SSSR count). The molecule has 1 aromatic carbocycles. The molecule has 0 aromatic heterocycles. The predicted octanol–water partition coefficient (Wildman–Crippen LogP) is 1.58. The van der Waals surface area contributed by atoms with Gasteiger partial charge in [0.2, 0.25) is 0 Å². The van der Waals surface area contributed by atoms with Gasteiger partial charge in [-0.3, -0.25) is 4.79 Å². The van der Waals surface area contributed by atoms with Gasteiger partial charge in [0.05, 0.1) is 0 Å². The van der Waals surface area contributed by atoms with Crippen molar-refractivity contribution in [3.05, 3.63) is 22.2 Å². The van der Waals surface area contributed by atoms with Crippen LogP contribution in [0.25, 0.3) is 0 Å². The fourth-order valence-electron chi connectivity index (χ4n) is 0.557. The molecule has 0 spiro atoms. The third-order valence-corrected chi connectivity index (χ3v) is 3.69. The van der Waals surface area contributed by atoms with Gasteiger partial charge in [0.1, 0.15) is 0 Å². The topological polar surface area (TPSA) is 57.5 Å². The number of hydrogen-bond donors (Lipinski definition) is 2. The number of halogens is 2. The monoisotopic (exact) mass is 336 g/mol. The molecule has 6 heteroatoms. The van der Waals surface area contributed by atoms with Gasteiger partial charge >= 0.3 is 83.9 Å². The Hall–Kier alpha value is -0.0599. The van der Waals surface area contributed by atoms with Crippen molar-refractivity contribution < 1.29 is 15.0 Å². The minimum atomic E-state index is -0.833. The van der Waals surface area contributed by atoms with Crippen LogP contribution in [0.5, 0.6) is 5.75 Å². The molecule has 74 valence electrons. The molecule has 0 unspecified atom stereocenters. The third-order valence-electron chi connectivity index (χ3n) is 1.10. The summed E-state index contributed by atoms with van der Waals surface area (Å²) in [6, 6.07) is 3.45. The van der Waals surface area contributed by atoms with E-state index in [-0.39, 0.29) is 5.75 Å². The van der Waals surface area contributed by atoms with Crippen LogP contribution in [0.4, 0.5) is 0 Å². The molecule has 14 heavy (non-hydrogen) atoms. The van der Waals surface area contributed by atoms with Gasteiger partial charge in [-0.1, -0.05) is 0 Å². The van der Waals surface area contributed by atoms with Crippen molar-refractivity contribution in [2.24, 2.45) is 0 Å². The van der Waals surface area contributed by atoms with Gasteiger partial charge in [0.15, 0.2) is 0 Å². The molecule has 2 N–H and O–H groups in total. The van der Waals surface area contributed by atoms with E-state index in [2.05, 4.69) is 0 Å². The Bertz CT molecular complexity index is 311. The average Bonchev–Trinajstić information content (AvgIpc) is 2.07. The molecule has 0 aliphatic heterocycles. The van der Waals surface area contributed by atoms with Crippen LogP contribution >= 0.6 is 23.2 Å². The second-order valence-electron chi connectivity index (χ2n) is 2.32.